The summed E-state index contributed by atoms with van der Waals surface area (Å²) >= 11 is 0. The molecule has 1 aliphatic rings. The van der Waals surface area contributed by atoms with Crippen molar-refractivity contribution in [3.8, 4) is 5.75 Å². The van der Waals surface area contributed by atoms with E-state index in [-0.39, 0.29) is 11.8 Å². The highest BCUT2D eigenvalue weighted by Crippen LogP contribution is 2.17. The monoisotopic (exact) mass is 484 g/mol. The number of carbonyl (C=O) groups is 2. The summed E-state index contributed by atoms with van der Waals surface area (Å²) in [6, 6.07) is 24.3. The highest BCUT2D eigenvalue weighted by Gasteiger charge is 2.18. The fraction of sp³-hybridized carbons (Fsp3) is 0.241. The molecule has 7 heteroatoms. The Morgan fingerprint density at radius 1 is 0.806 bits per heavy atom. The quantitative estimate of drug-likeness (QED) is 0.476. The molecule has 0 unspecified atom stereocenters. The second kappa shape index (κ2) is 12.7. The first-order chi connectivity index (χ1) is 17.6. The first-order valence-electron chi connectivity index (χ1n) is 12.1. The van der Waals surface area contributed by atoms with Crippen molar-refractivity contribution in [2.24, 2.45) is 0 Å². The second-order valence-corrected chi connectivity index (χ2v) is 8.70. The number of amides is 2. The Bertz CT molecular complexity index is 1150. The zero-order valence-electron chi connectivity index (χ0n) is 20.5. The minimum Gasteiger partial charge on any atom is -0.497 e. The van der Waals surface area contributed by atoms with E-state index < -0.39 is 0 Å². The highest BCUT2D eigenvalue weighted by molar-refractivity contribution is 6.04. The van der Waals surface area contributed by atoms with E-state index in [0.717, 1.165) is 38.5 Å². The van der Waals surface area contributed by atoms with E-state index in [0.29, 0.717) is 23.5 Å². The van der Waals surface area contributed by atoms with Gasteiger partial charge < -0.3 is 15.4 Å². The van der Waals surface area contributed by atoms with Crippen molar-refractivity contribution in [3.63, 3.8) is 0 Å². The van der Waals surface area contributed by atoms with Crippen LogP contribution in [0.2, 0.25) is 0 Å². The summed E-state index contributed by atoms with van der Waals surface area (Å²) in [4.78, 5) is 29.6. The Labute approximate surface area is 212 Å². The van der Waals surface area contributed by atoms with Crippen LogP contribution in [-0.2, 0) is 4.79 Å². The maximum absolute atomic E-state index is 12.5. The van der Waals surface area contributed by atoms with E-state index >= 15 is 0 Å². The molecule has 0 spiro atoms. The van der Waals surface area contributed by atoms with Crippen molar-refractivity contribution in [3.05, 3.63) is 96.1 Å². The third kappa shape index (κ3) is 7.53. The number of nitrogens with one attached hydrogen (secondary N) is 2. The molecule has 0 saturated carbocycles. The molecule has 4 rings (SSSR count). The maximum Gasteiger partial charge on any atom is 0.255 e. The number of hydrogen-bond donors (Lipinski definition) is 2. The summed E-state index contributed by atoms with van der Waals surface area (Å²) in [6.07, 6.45) is 4.34. The SMILES string of the molecule is COc1ccc(NC(=O)c2ccc(NC(=O)CN3CCN(C/C=C/c4ccccc4)CC3)cc2)cc1. The van der Waals surface area contributed by atoms with Crippen LogP contribution in [0.25, 0.3) is 6.08 Å². The largest absolute Gasteiger partial charge is 0.497 e. The lowest BCUT2D eigenvalue weighted by Crippen LogP contribution is -2.48. The van der Waals surface area contributed by atoms with Gasteiger partial charge in [0.05, 0.1) is 13.7 Å². The second-order valence-electron chi connectivity index (χ2n) is 8.70. The molecule has 3 aromatic rings. The van der Waals surface area contributed by atoms with Gasteiger partial charge in [0.1, 0.15) is 5.75 Å². The van der Waals surface area contributed by atoms with Crippen molar-refractivity contribution in [1.29, 1.82) is 0 Å². The topological polar surface area (TPSA) is 73.9 Å². The number of carbonyl (C=O) groups excluding carboxylic acids is 2. The number of ether oxygens (including phenoxy) is 1. The molecule has 36 heavy (non-hydrogen) atoms. The Balaban J connectivity index is 1.18. The molecule has 186 valence electrons. The summed E-state index contributed by atoms with van der Waals surface area (Å²) in [6.45, 7) is 4.85. The van der Waals surface area contributed by atoms with Crippen molar-refractivity contribution >= 4 is 29.3 Å². The Morgan fingerprint density at radius 2 is 1.42 bits per heavy atom. The fourth-order valence-electron chi connectivity index (χ4n) is 4.02. The van der Waals surface area contributed by atoms with Crippen LogP contribution in [0.5, 0.6) is 5.75 Å². The molecule has 1 fully saturated rings. The van der Waals surface area contributed by atoms with Gasteiger partial charge in [0.15, 0.2) is 0 Å². The van der Waals surface area contributed by atoms with E-state index in [1.807, 2.05) is 18.2 Å². The predicted octanol–water partition coefficient (Wildman–Crippen LogP) is 4.22. The molecule has 0 radical (unpaired) electrons. The number of methoxy groups -OCH3 is 1. The number of rotatable bonds is 9. The number of benzene rings is 3. The summed E-state index contributed by atoms with van der Waals surface area (Å²) in [5.74, 6) is 0.461. The van der Waals surface area contributed by atoms with E-state index in [1.165, 1.54) is 5.56 Å². The van der Waals surface area contributed by atoms with Gasteiger partial charge in [-0.1, -0.05) is 42.5 Å². The van der Waals surface area contributed by atoms with E-state index in [1.54, 1.807) is 55.6 Å². The Hall–Kier alpha value is -3.94. The van der Waals surface area contributed by atoms with Gasteiger partial charge in [-0.2, -0.15) is 0 Å². The average Bonchev–Trinajstić information content (AvgIpc) is 2.91. The van der Waals surface area contributed by atoms with Crippen LogP contribution in [0.4, 0.5) is 11.4 Å². The van der Waals surface area contributed by atoms with Crippen molar-refractivity contribution in [2.75, 3.05) is 57.0 Å². The molecule has 3 aromatic carbocycles. The minimum atomic E-state index is -0.213. The van der Waals surface area contributed by atoms with Gasteiger partial charge in [-0.05, 0) is 54.1 Å². The Kier molecular flexibility index (Phi) is 8.86. The third-order valence-corrected chi connectivity index (χ3v) is 6.08. The summed E-state index contributed by atoms with van der Waals surface area (Å²) in [7, 11) is 1.60. The molecule has 1 aliphatic heterocycles. The molecular formula is C29H32N4O3. The number of anilines is 2. The molecular weight excluding hydrogens is 452 g/mol. The normalized spacial score (nSPS) is 14.5. The first kappa shape index (κ1) is 25.2. The lowest BCUT2D eigenvalue weighted by molar-refractivity contribution is -0.117. The Morgan fingerprint density at radius 3 is 2.08 bits per heavy atom. The van der Waals surface area contributed by atoms with Gasteiger partial charge >= 0.3 is 0 Å². The van der Waals surface area contributed by atoms with E-state index in [9.17, 15) is 9.59 Å². The molecule has 0 aromatic heterocycles. The van der Waals surface area contributed by atoms with Crippen molar-refractivity contribution in [1.82, 2.24) is 9.80 Å². The van der Waals surface area contributed by atoms with Crippen LogP contribution in [0, 0.1) is 0 Å². The molecule has 0 atom stereocenters. The third-order valence-electron chi connectivity index (χ3n) is 6.08. The van der Waals surface area contributed by atoms with Gasteiger partial charge in [0.25, 0.3) is 5.91 Å². The molecule has 7 nitrogen and oxygen atoms in total. The van der Waals surface area contributed by atoms with E-state index in [4.69, 9.17) is 4.74 Å². The lowest BCUT2D eigenvalue weighted by Gasteiger charge is -2.33. The number of hydrogen-bond acceptors (Lipinski definition) is 5. The predicted molar refractivity (Wildman–Crippen MR) is 144 cm³/mol. The minimum absolute atomic E-state index is 0.0529. The van der Waals surface area contributed by atoms with Crippen molar-refractivity contribution < 1.29 is 14.3 Å². The van der Waals surface area contributed by atoms with Crippen LogP contribution in [-0.4, -0.2) is 68.0 Å². The van der Waals surface area contributed by atoms with Crippen LogP contribution >= 0.6 is 0 Å². The van der Waals surface area contributed by atoms with Gasteiger partial charge in [-0.25, -0.2) is 0 Å². The first-order valence-corrected chi connectivity index (χ1v) is 12.1. The zero-order chi connectivity index (χ0) is 25.2. The summed E-state index contributed by atoms with van der Waals surface area (Å²) in [5, 5.41) is 5.78. The van der Waals surface area contributed by atoms with Gasteiger partial charge in [0, 0.05) is 49.7 Å². The lowest BCUT2D eigenvalue weighted by atomic mass is 10.2. The van der Waals surface area contributed by atoms with Crippen LogP contribution in [0.15, 0.2) is 84.9 Å². The highest BCUT2D eigenvalue weighted by atomic mass is 16.5. The van der Waals surface area contributed by atoms with Crippen LogP contribution in [0.1, 0.15) is 15.9 Å². The van der Waals surface area contributed by atoms with Crippen LogP contribution < -0.4 is 15.4 Å². The fourth-order valence-corrected chi connectivity index (χ4v) is 4.02. The summed E-state index contributed by atoms with van der Waals surface area (Å²) in [5.41, 5.74) is 3.08. The zero-order valence-corrected chi connectivity index (χ0v) is 20.5. The smallest absolute Gasteiger partial charge is 0.255 e. The number of nitrogens with zero attached hydrogens (tertiary/aromatic N) is 2. The van der Waals surface area contributed by atoms with Gasteiger partial charge in [-0.3, -0.25) is 19.4 Å². The molecule has 1 heterocycles. The molecule has 2 amide bonds. The number of piperazine rings is 1. The molecule has 2 N–H and O–H groups in total. The summed E-state index contributed by atoms with van der Waals surface area (Å²) < 4.78 is 5.13. The average molecular weight is 485 g/mol. The van der Waals surface area contributed by atoms with Crippen LogP contribution in [0.3, 0.4) is 0 Å². The van der Waals surface area contributed by atoms with Gasteiger partial charge in [0.2, 0.25) is 5.91 Å². The molecule has 1 saturated heterocycles. The van der Waals surface area contributed by atoms with Gasteiger partial charge in [-0.15, -0.1) is 0 Å². The standard InChI is InChI=1S/C29H32N4O3/c1-36-27-15-13-26(14-16-27)31-29(35)24-9-11-25(12-10-24)30-28(34)22-33-20-18-32(19-21-33)17-5-8-23-6-3-2-4-7-23/h2-16H,17-22H2,1H3,(H,30,34)(H,31,35)/b8-5+. The van der Waals surface area contributed by atoms with Crippen molar-refractivity contribution in [2.45, 2.75) is 0 Å². The van der Waals surface area contributed by atoms with E-state index in [2.05, 4.69) is 44.7 Å². The molecule has 0 aliphatic carbocycles. The molecule has 0 bridgehead atoms. The maximum atomic E-state index is 12.5.